The number of carbonyl (C=O) groups is 1. The van der Waals surface area contributed by atoms with Crippen molar-refractivity contribution in [2.75, 3.05) is 16.2 Å². The van der Waals surface area contributed by atoms with Crippen LogP contribution in [-0.4, -0.2) is 37.3 Å². The number of nitrogens with one attached hydrogen (secondary N) is 1. The Morgan fingerprint density at radius 3 is 2.40 bits per heavy atom. The van der Waals surface area contributed by atoms with Crippen molar-refractivity contribution in [2.45, 2.75) is 30.9 Å². The van der Waals surface area contributed by atoms with Crippen LogP contribution in [0.5, 0.6) is 5.75 Å². The highest BCUT2D eigenvalue weighted by Gasteiger charge is 2.37. The van der Waals surface area contributed by atoms with Gasteiger partial charge in [0.1, 0.15) is 23.5 Å². The summed E-state index contributed by atoms with van der Waals surface area (Å²) in [5, 5.41) is 2.74. The van der Waals surface area contributed by atoms with E-state index in [2.05, 4.69) is 20.0 Å². The van der Waals surface area contributed by atoms with E-state index < -0.39 is 51.4 Å². The summed E-state index contributed by atoms with van der Waals surface area (Å²) in [6.45, 7) is 1.05. The molecular formula is C26H18F6N4O6S. The van der Waals surface area contributed by atoms with Crippen LogP contribution in [0.25, 0.3) is 11.5 Å². The smallest absolute Gasteiger partial charge is 0.461 e. The summed E-state index contributed by atoms with van der Waals surface area (Å²) in [5.74, 6) is -2.02. The highest BCUT2D eigenvalue weighted by Crippen LogP contribution is 2.45. The van der Waals surface area contributed by atoms with Gasteiger partial charge >= 0.3 is 18.5 Å². The first-order valence-electron chi connectivity index (χ1n) is 12.2. The number of anilines is 3. The maximum absolute atomic E-state index is 14.0. The van der Waals surface area contributed by atoms with E-state index in [9.17, 15) is 39.6 Å². The molecule has 0 bridgehead atoms. The quantitative estimate of drug-likeness (QED) is 0.194. The first-order valence-corrected chi connectivity index (χ1v) is 13.6. The highest BCUT2D eigenvalue weighted by molar-refractivity contribution is 7.92. The number of fused-ring (bicyclic) bond motifs is 2. The molecule has 5 rings (SSSR count). The van der Waals surface area contributed by atoms with E-state index in [1.54, 1.807) is 6.92 Å². The molecule has 0 radical (unpaired) electrons. The molecule has 0 saturated carbocycles. The first kappa shape index (κ1) is 29.7. The molecule has 0 amide bonds. The predicted molar refractivity (Wildman–Crippen MR) is 137 cm³/mol. The SMILES string of the molecule is CCOC(=O)c1coc(-c2cccc3c2N(S(=O)(=O)c2ccc(OC(F)(F)F)cc2)Cc2ccc(C(F)(F)F)nc2N3)n1. The van der Waals surface area contributed by atoms with Crippen LogP contribution in [0.15, 0.2) is 70.2 Å². The molecule has 226 valence electrons. The second-order valence-corrected chi connectivity index (χ2v) is 10.7. The van der Waals surface area contributed by atoms with Crippen LogP contribution in [0.2, 0.25) is 0 Å². The topological polar surface area (TPSA) is 124 Å². The van der Waals surface area contributed by atoms with Crippen LogP contribution in [0.1, 0.15) is 28.7 Å². The van der Waals surface area contributed by atoms with E-state index >= 15 is 0 Å². The van der Waals surface area contributed by atoms with Crippen LogP contribution in [0, 0.1) is 0 Å². The molecule has 17 heteroatoms. The zero-order chi connectivity index (χ0) is 31.2. The van der Waals surface area contributed by atoms with Gasteiger partial charge in [0.2, 0.25) is 5.89 Å². The van der Waals surface area contributed by atoms with Crippen LogP contribution in [0.4, 0.5) is 43.5 Å². The Morgan fingerprint density at radius 2 is 1.74 bits per heavy atom. The number of nitrogens with zero attached hydrogens (tertiary/aromatic N) is 3. The molecule has 0 unspecified atom stereocenters. The number of oxazole rings is 1. The Bertz CT molecular complexity index is 1790. The molecule has 1 aliphatic rings. The average Bonchev–Trinajstić information content (AvgIpc) is 3.35. The number of aromatic nitrogens is 2. The van der Waals surface area contributed by atoms with Crippen LogP contribution in [-0.2, 0) is 27.5 Å². The number of halogens is 6. The minimum atomic E-state index is -5.02. The molecule has 3 heterocycles. The zero-order valence-electron chi connectivity index (χ0n) is 21.7. The van der Waals surface area contributed by atoms with Crippen LogP contribution < -0.4 is 14.4 Å². The van der Waals surface area contributed by atoms with Crippen molar-refractivity contribution in [1.29, 1.82) is 0 Å². The second kappa shape index (κ2) is 10.8. The number of hydrogen-bond donors (Lipinski definition) is 1. The molecule has 0 atom stereocenters. The molecule has 0 spiro atoms. The second-order valence-electron chi connectivity index (χ2n) is 8.82. The van der Waals surface area contributed by atoms with Gasteiger partial charge in [-0.1, -0.05) is 12.1 Å². The van der Waals surface area contributed by atoms with Gasteiger partial charge < -0.3 is 19.2 Å². The molecule has 0 aliphatic carbocycles. The molecule has 4 aromatic rings. The largest absolute Gasteiger partial charge is 0.573 e. The van der Waals surface area contributed by atoms with Crippen molar-refractivity contribution in [3.8, 4) is 17.2 Å². The number of benzene rings is 2. The minimum absolute atomic E-state index is 0.00463. The van der Waals surface area contributed by atoms with Gasteiger partial charge in [-0.15, -0.1) is 13.2 Å². The molecular weight excluding hydrogens is 610 g/mol. The minimum Gasteiger partial charge on any atom is -0.461 e. The van der Waals surface area contributed by atoms with E-state index in [-0.39, 0.29) is 46.5 Å². The van der Waals surface area contributed by atoms with E-state index in [4.69, 9.17) is 9.15 Å². The molecule has 2 aromatic carbocycles. The van der Waals surface area contributed by atoms with Gasteiger partial charge in [0.05, 0.1) is 35.0 Å². The summed E-state index contributed by atoms with van der Waals surface area (Å²) < 4.78 is 121. The summed E-state index contributed by atoms with van der Waals surface area (Å²) in [4.78, 5) is 19.4. The summed E-state index contributed by atoms with van der Waals surface area (Å²) in [6.07, 6.45) is -8.84. The van der Waals surface area contributed by atoms with Crippen molar-refractivity contribution in [3.63, 3.8) is 0 Å². The number of alkyl halides is 6. The number of ether oxygens (including phenoxy) is 2. The Kier molecular flexibility index (Phi) is 7.45. The zero-order valence-corrected chi connectivity index (χ0v) is 22.5. The lowest BCUT2D eigenvalue weighted by Gasteiger charge is -2.26. The van der Waals surface area contributed by atoms with Crippen LogP contribution in [0.3, 0.4) is 0 Å². The average molecular weight is 629 g/mol. The normalized spacial score (nSPS) is 13.4. The molecule has 1 N–H and O–H groups in total. The lowest BCUT2D eigenvalue weighted by atomic mass is 10.1. The summed E-state index contributed by atoms with van der Waals surface area (Å²) in [7, 11) is -4.64. The van der Waals surface area contributed by atoms with Gasteiger partial charge in [-0.25, -0.2) is 23.2 Å². The number of sulfonamides is 1. The fourth-order valence-corrected chi connectivity index (χ4v) is 5.65. The number of esters is 1. The molecule has 1 aliphatic heterocycles. The van der Waals surface area contributed by atoms with Gasteiger partial charge in [-0.05, 0) is 49.4 Å². The number of pyridine rings is 1. The van der Waals surface area contributed by atoms with E-state index in [0.29, 0.717) is 6.07 Å². The van der Waals surface area contributed by atoms with E-state index in [0.717, 1.165) is 40.9 Å². The summed E-state index contributed by atoms with van der Waals surface area (Å²) >= 11 is 0. The van der Waals surface area contributed by atoms with Gasteiger partial charge in [0.25, 0.3) is 10.0 Å². The van der Waals surface area contributed by atoms with E-state index in [1.165, 1.54) is 18.2 Å². The lowest BCUT2D eigenvalue weighted by molar-refractivity contribution is -0.274. The third kappa shape index (κ3) is 6.06. The number of rotatable bonds is 6. The Labute approximate surface area is 238 Å². The fraction of sp³-hybridized carbons (Fsp3) is 0.192. The monoisotopic (exact) mass is 628 g/mol. The lowest BCUT2D eigenvalue weighted by Crippen LogP contribution is -2.31. The van der Waals surface area contributed by atoms with Crippen molar-refractivity contribution in [3.05, 3.63) is 77.8 Å². The van der Waals surface area contributed by atoms with Crippen molar-refractivity contribution in [2.24, 2.45) is 0 Å². The maximum atomic E-state index is 14.0. The standard InChI is InChI=1S/C26H18F6N4O6S/c1-2-40-24(37)19-13-41-23(34-19)17-4-3-5-18-21(17)36(12-14-6-11-20(25(27,28)29)35-22(14)33-18)43(38,39)16-9-7-15(8-10-16)42-26(30,31)32/h3-11,13H,2,12H2,1H3,(H,33,35). The third-order valence-corrected chi connectivity index (χ3v) is 7.75. The van der Waals surface area contributed by atoms with Gasteiger partial charge in [0, 0.05) is 5.56 Å². The van der Waals surface area contributed by atoms with E-state index in [1.807, 2.05) is 0 Å². The molecule has 2 aromatic heterocycles. The summed E-state index contributed by atoms with van der Waals surface area (Å²) in [5.41, 5.74) is -1.60. The predicted octanol–water partition coefficient (Wildman–Crippen LogP) is 6.28. The number of carbonyl (C=O) groups excluding carboxylic acids is 1. The molecule has 10 nitrogen and oxygen atoms in total. The van der Waals surface area contributed by atoms with Gasteiger partial charge in [-0.3, -0.25) is 4.31 Å². The van der Waals surface area contributed by atoms with Crippen LogP contribution >= 0.6 is 0 Å². The van der Waals surface area contributed by atoms with Gasteiger partial charge in [0.15, 0.2) is 5.69 Å². The Hall–Kier alpha value is -4.80. The van der Waals surface area contributed by atoms with Crippen molar-refractivity contribution < 1.29 is 53.4 Å². The highest BCUT2D eigenvalue weighted by atomic mass is 32.2. The van der Waals surface area contributed by atoms with Crippen molar-refractivity contribution >= 4 is 33.2 Å². The Balaban J connectivity index is 1.67. The number of hydrogen-bond acceptors (Lipinski definition) is 9. The maximum Gasteiger partial charge on any atom is 0.573 e. The Morgan fingerprint density at radius 1 is 1.02 bits per heavy atom. The summed E-state index contributed by atoms with van der Waals surface area (Å²) in [6, 6.07) is 9.30. The third-order valence-electron chi connectivity index (χ3n) is 5.99. The number of para-hydroxylation sites is 1. The van der Waals surface area contributed by atoms with Crippen molar-refractivity contribution in [1.82, 2.24) is 9.97 Å². The molecule has 0 fully saturated rings. The molecule has 0 saturated heterocycles. The van der Waals surface area contributed by atoms with Gasteiger partial charge in [-0.2, -0.15) is 13.2 Å². The first-order chi connectivity index (χ1) is 20.2. The molecule has 43 heavy (non-hydrogen) atoms. The fourth-order valence-electron chi connectivity index (χ4n) is 4.17.